The second-order valence-corrected chi connectivity index (χ2v) is 6.83. The van der Waals surface area contributed by atoms with E-state index in [9.17, 15) is 22.8 Å². The Labute approximate surface area is 165 Å². The molecule has 0 saturated carbocycles. The molecule has 0 aliphatic heterocycles. The minimum Gasteiger partial charge on any atom is -0.322 e. The number of pyridine rings is 1. The lowest BCUT2D eigenvalue weighted by atomic mass is 10.1. The molecule has 0 fully saturated rings. The van der Waals surface area contributed by atoms with Crippen LogP contribution < -0.4 is 10.9 Å². The van der Waals surface area contributed by atoms with Gasteiger partial charge in [0.05, 0.1) is 17.7 Å². The lowest BCUT2D eigenvalue weighted by Gasteiger charge is -2.11. The first-order valence-electron chi connectivity index (χ1n) is 8.89. The van der Waals surface area contributed by atoms with E-state index in [1.165, 1.54) is 35.0 Å². The number of nitrogens with one attached hydrogen (secondary N) is 1. The Morgan fingerprint density at radius 2 is 1.66 bits per heavy atom. The molecule has 29 heavy (non-hydrogen) atoms. The molecule has 0 spiro atoms. The van der Waals surface area contributed by atoms with Gasteiger partial charge in [-0.2, -0.15) is 13.2 Å². The Hall–Kier alpha value is -3.35. The average molecular weight is 400 g/mol. The van der Waals surface area contributed by atoms with Crippen LogP contribution >= 0.6 is 0 Å². The van der Waals surface area contributed by atoms with E-state index < -0.39 is 11.7 Å². The van der Waals surface area contributed by atoms with Crippen molar-refractivity contribution in [3.05, 3.63) is 99.0 Å². The van der Waals surface area contributed by atoms with E-state index >= 15 is 0 Å². The summed E-state index contributed by atoms with van der Waals surface area (Å²) < 4.78 is 39.3. The molecule has 0 aliphatic carbocycles. The van der Waals surface area contributed by atoms with Crippen LogP contribution in [-0.2, 0) is 12.7 Å². The van der Waals surface area contributed by atoms with Gasteiger partial charge >= 0.3 is 6.18 Å². The van der Waals surface area contributed by atoms with Gasteiger partial charge in [0.25, 0.3) is 11.5 Å². The molecule has 0 unspecified atom stereocenters. The van der Waals surface area contributed by atoms with Crippen molar-refractivity contribution in [1.82, 2.24) is 4.57 Å². The Kier molecular flexibility index (Phi) is 5.59. The molecule has 0 atom stereocenters. The number of alkyl halides is 3. The van der Waals surface area contributed by atoms with Crippen molar-refractivity contribution < 1.29 is 18.0 Å². The van der Waals surface area contributed by atoms with E-state index in [2.05, 4.69) is 5.32 Å². The third kappa shape index (κ3) is 4.93. The molecule has 1 amide bonds. The van der Waals surface area contributed by atoms with Gasteiger partial charge in [-0.05, 0) is 60.9 Å². The quantitative estimate of drug-likeness (QED) is 0.685. The number of nitrogens with zero attached hydrogens (tertiary/aromatic N) is 1. The molecular weight excluding hydrogens is 381 g/mol. The summed E-state index contributed by atoms with van der Waals surface area (Å²) in [6.45, 7) is 3.97. The smallest absolute Gasteiger partial charge is 0.322 e. The van der Waals surface area contributed by atoms with Crippen LogP contribution in [0.2, 0.25) is 0 Å². The Morgan fingerprint density at radius 3 is 2.28 bits per heavy atom. The lowest BCUT2D eigenvalue weighted by Crippen LogP contribution is -2.22. The first-order valence-corrected chi connectivity index (χ1v) is 8.89. The number of hydrogen-bond acceptors (Lipinski definition) is 2. The van der Waals surface area contributed by atoms with Crippen LogP contribution in [-0.4, -0.2) is 10.5 Å². The second kappa shape index (κ2) is 7.95. The summed E-state index contributed by atoms with van der Waals surface area (Å²) in [6, 6.07) is 12.8. The highest BCUT2D eigenvalue weighted by atomic mass is 19.4. The highest BCUT2D eigenvalue weighted by Crippen LogP contribution is 2.29. The van der Waals surface area contributed by atoms with Gasteiger partial charge in [0.2, 0.25) is 0 Å². The summed E-state index contributed by atoms with van der Waals surface area (Å²) in [5.41, 5.74) is 2.46. The minimum atomic E-state index is -4.41. The van der Waals surface area contributed by atoms with E-state index in [1.54, 1.807) is 6.07 Å². The first-order chi connectivity index (χ1) is 13.6. The van der Waals surface area contributed by atoms with Crippen LogP contribution in [0.4, 0.5) is 18.9 Å². The molecule has 0 aliphatic rings. The van der Waals surface area contributed by atoms with Gasteiger partial charge in [0.15, 0.2) is 0 Å². The fraction of sp³-hybridized carbons (Fsp3) is 0.182. The Balaban J connectivity index is 1.79. The van der Waals surface area contributed by atoms with Gasteiger partial charge in [-0.1, -0.05) is 18.2 Å². The normalized spacial score (nSPS) is 11.3. The molecule has 1 aromatic heterocycles. The van der Waals surface area contributed by atoms with Crippen molar-refractivity contribution in [2.75, 3.05) is 5.32 Å². The van der Waals surface area contributed by atoms with Gasteiger partial charge in [-0.15, -0.1) is 0 Å². The highest BCUT2D eigenvalue weighted by molar-refractivity contribution is 6.04. The van der Waals surface area contributed by atoms with Crippen LogP contribution in [0.25, 0.3) is 0 Å². The summed E-state index contributed by atoms with van der Waals surface area (Å²) in [5.74, 6) is -0.380. The van der Waals surface area contributed by atoms with E-state index in [1.807, 2.05) is 26.0 Å². The molecule has 3 rings (SSSR count). The van der Waals surface area contributed by atoms with Crippen molar-refractivity contribution >= 4 is 11.6 Å². The van der Waals surface area contributed by atoms with Crippen LogP contribution in [0.3, 0.4) is 0 Å². The lowest BCUT2D eigenvalue weighted by molar-refractivity contribution is -0.137. The molecule has 4 nitrogen and oxygen atoms in total. The predicted octanol–water partition coefficient (Wildman–Crippen LogP) is 4.78. The zero-order valence-corrected chi connectivity index (χ0v) is 15.9. The first kappa shape index (κ1) is 20.4. The summed E-state index contributed by atoms with van der Waals surface area (Å²) >= 11 is 0. The van der Waals surface area contributed by atoms with Gasteiger partial charge < -0.3 is 9.88 Å². The van der Waals surface area contributed by atoms with Crippen molar-refractivity contribution in [3.8, 4) is 0 Å². The number of aryl methyl sites for hydroxylation is 2. The number of halogens is 3. The zero-order valence-electron chi connectivity index (χ0n) is 15.9. The van der Waals surface area contributed by atoms with Gasteiger partial charge in [0, 0.05) is 18.0 Å². The molecule has 2 aromatic carbocycles. The topological polar surface area (TPSA) is 51.1 Å². The number of hydrogen-bond donors (Lipinski definition) is 1. The highest BCUT2D eigenvalue weighted by Gasteiger charge is 2.29. The predicted molar refractivity (Wildman–Crippen MR) is 105 cm³/mol. The third-order valence-electron chi connectivity index (χ3n) is 4.64. The third-order valence-corrected chi connectivity index (χ3v) is 4.64. The number of carbonyl (C=O) groups is 1. The molecular formula is C22H19F3N2O2. The molecule has 1 N–H and O–H groups in total. The summed E-state index contributed by atoms with van der Waals surface area (Å²) in [5, 5.41) is 2.78. The molecule has 7 heteroatoms. The molecule has 3 aromatic rings. The van der Waals surface area contributed by atoms with Gasteiger partial charge in [0.1, 0.15) is 0 Å². The minimum absolute atomic E-state index is 0.0573. The van der Waals surface area contributed by atoms with E-state index in [0.29, 0.717) is 11.3 Å². The summed E-state index contributed by atoms with van der Waals surface area (Å²) in [6.07, 6.45) is -3.02. The number of amides is 1. The molecule has 0 bridgehead atoms. The molecule has 0 saturated heterocycles. The summed E-state index contributed by atoms with van der Waals surface area (Å²) in [7, 11) is 0. The Bertz CT molecular complexity index is 1100. The fourth-order valence-electron chi connectivity index (χ4n) is 2.81. The maximum atomic E-state index is 12.7. The summed E-state index contributed by atoms with van der Waals surface area (Å²) in [4.78, 5) is 24.6. The monoisotopic (exact) mass is 400 g/mol. The van der Waals surface area contributed by atoms with Crippen LogP contribution in [0, 0.1) is 13.8 Å². The van der Waals surface area contributed by atoms with Gasteiger partial charge in [-0.25, -0.2) is 0 Å². The van der Waals surface area contributed by atoms with Crippen LogP contribution in [0.15, 0.2) is 65.6 Å². The molecule has 1 heterocycles. The maximum absolute atomic E-state index is 12.7. The zero-order chi connectivity index (χ0) is 21.2. The van der Waals surface area contributed by atoms with Crippen molar-refractivity contribution in [3.63, 3.8) is 0 Å². The number of benzene rings is 2. The Morgan fingerprint density at radius 1 is 0.966 bits per heavy atom. The fourth-order valence-corrected chi connectivity index (χ4v) is 2.81. The number of carbonyl (C=O) groups excluding carboxylic acids is 1. The number of anilines is 1. The largest absolute Gasteiger partial charge is 0.416 e. The van der Waals surface area contributed by atoms with E-state index in [4.69, 9.17) is 0 Å². The van der Waals surface area contributed by atoms with Crippen molar-refractivity contribution in [2.24, 2.45) is 0 Å². The van der Waals surface area contributed by atoms with Gasteiger partial charge in [-0.3, -0.25) is 9.59 Å². The number of aromatic nitrogens is 1. The maximum Gasteiger partial charge on any atom is 0.416 e. The molecule has 0 radical (unpaired) electrons. The van der Waals surface area contributed by atoms with Crippen molar-refractivity contribution in [1.29, 1.82) is 0 Å². The SMILES string of the molecule is Cc1ccc(NC(=O)c2ccc(=O)n(Cc3ccc(C(F)(F)F)cc3)c2)cc1C. The second-order valence-electron chi connectivity index (χ2n) is 6.83. The van der Waals surface area contributed by atoms with Crippen LogP contribution in [0.1, 0.15) is 32.6 Å². The van der Waals surface area contributed by atoms with E-state index in [-0.39, 0.29) is 23.6 Å². The average Bonchev–Trinajstić information content (AvgIpc) is 2.66. The van der Waals surface area contributed by atoms with Crippen LogP contribution in [0.5, 0.6) is 0 Å². The van der Waals surface area contributed by atoms with Crippen molar-refractivity contribution in [2.45, 2.75) is 26.6 Å². The standard InChI is InChI=1S/C22H19F3N2O2/c1-14-3-9-19(11-15(14)2)26-21(29)17-6-10-20(28)27(13-17)12-16-4-7-18(8-5-16)22(23,24)25/h3-11,13H,12H2,1-2H3,(H,26,29). The van der Waals surface area contributed by atoms with E-state index in [0.717, 1.165) is 23.3 Å². The molecule has 150 valence electrons. The number of rotatable bonds is 4.